The summed E-state index contributed by atoms with van der Waals surface area (Å²) in [4.78, 5) is 0. The molecule has 2 aromatic rings. The zero-order valence-electron chi connectivity index (χ0n) is 12.1. The van der Waals surface area contributed by atoms with E-state index in [1.165, 1.54) is 16.8 Å². The van der Waals surface area contributed by atoms with Crippen LogP contribution in [-0.2, 0) is 12.7 Å². The van der Waals surface area contributed by atoms with Gasteiger partial charge in [0.1, 0.15) is 0 Å². The van der Waals surface area contributed by atoms with Crippen molar-refractivity contribution >= 4 is 0 Å². The third kappa shape index (κ3) is 4.29. The van der Waals surface area contributed by atoms with Crippen molar-refractivity contribution in [2.75, 3.05) is 0 Å². The molecule has 0 spiro atoms. The largest absolute Gasteiger partial charge is 0.416 e. The van der Waals surface area contributed by atoms with Gasteiger partial charge in [-0.15, -0.1) is 5.10 Å². The lowest BCUT2D eigenvalue weighted by atomic mass is 10.1. The third-order valence-corrected chi connectivity index (χ3v) is 2.80. The summed E-state index contributed by atoms with van der Waals surface area (Å²) in [5.41, 5.74) is 0.543. The highest BCUT2D eigenvalue weighted by molar-refractivity contribution is 5.34. The predicted octanol–water partition coefficient (Wildman–Crippen LogP) is 3.17. The number of halogens is 3. The summed E-state index contributed by atoms with van der Waals surface area (Å²) in [6, 6.07) is 4.81. The molecule has 0 fully saturated rings. The first-order valence-corrected chi connectivity index (χ1v) is 6.49. The number of benzene rings is 1. The van der Waals surface area contributed by atoms with Gasteiger partial charge in [-0.2, -0.15) is 13.2 Å². The SMILES string of the molecule is CC(C)(C)NCc1cn(-c2ccc(C(F)(F)F)cc2)nn1. The predicted molar refractivity (Wildman–Crippen MR) is 73.0 cm³/mol. The molecule has 0 aliphatic rings. The first-order valence-electron chi connectivity index (χ1n) is 6.49. The van der Waals surface area contributed by atoms with E-state index in [0.717, 1.165) is 17.8 Å². The molecule has 0 unspecified atom stereocenters. The second-order valence-corrected chi connectivity index (χ2v) is 5.80. The van der Waals surface area contributed by atoms with Crippen LogP contribution in [-0.4, -0.2) is 20.5 Å². The highest BCUT2D eigenvalue weighted by atomic mass is 19.4. The molecule has 21 heavy (non-hydrogen) atoms. The van der Waals surface area contributed by atoms with Gasteiger partial charge in [-0.3, -0.25) is 0 Å². The van der Waals surface area contributed by atoms with Crippen molar-refractivity contribution in [3.63, 3.8) is 0 Å². The van der Waals surface area contributed by atoms with Crippen molar-refractivity contribution in [1.29, 1.82) is 0 Å². The molecule has 1 heterocycles. The molecule has 0 atom stereocenters. The molecule has 7 heteroatoms. The Labute approximate surface area is 121 Å². The van der Waals surface area contributed by atoms with Crippen LogP contribution in [0, 0.1) is 0 Å². The Morgan fingerprint density at radius 1 is 1.10 bits per heavy atom. The quantitative estimate of drug-likeness (QED) is 0.946. The fourth-order valence-corrected chi connectivity index (χ4v) is 1.66. The molecular formula is C14H17F3N4. The van der Waals surface area contributed by atoms with Crippen LogP contribution >= 0.6 is 0 Å². The summed E-state index contributed by atoms with van der Waals surface area (Å²) in [5, 5.41) is 11.2. The molecule has 114 valence electrons. The van der Waals surface area contributed by atoms with E-state index in [1.54, 1.807) is 6.20 Å². The molecule has 1 N–H and O–H groups in total. The van der Waals surface area contributed by atoms with E-state index in [1.807, 2.05) is 20.8 Å². The Bertz CT molecular complexity index is 594. The van der Waals surface area contributed by atoms with Crippen molar-refractivity contribution in [3.05, 3.63) is 41.7 Å². The van der Waals surface area contributed by atoms with Crippen LogP contribution in [0.1, 0.15) is 32.0 Å². The number of hydrogen-bond donors (Lipinski definition) is 1. The Hall–Kier alpha value is -1.89. The van der Waals surface area contributed by atoms with Gasteiger partial charge in [0, 0.05) is 12.1 Å². The van der Waals surface area contributed by atoms with Crippen LogP contribution < -0.4 is 5.32 Å². The van der Waals surface area contributed by atoms with Gasteiger partial charge in [-0.05, 0) is 45.0 Å². The lowest BCUT2D eigenvalue weighted by molar-refractivity contribution is -0.137. The van der Waals surface area contributed by atoms with Gasteiger partial charge in [0.05, 0.1) is 23.1 Å². The minimum Gasteiger partial charge on any atom is -0.306 e. The Morgan fingerprint density at radius 2 is 1.71 bits per heavy atom. The normalized spacial score (nSPS) is 12.7. The number of nitrogens with zero attached hydrogens (tertiary/aromatic N) is 3. The molecular weight excluding hydrogens is 281 g/mol. The van der Waals surface area contributed by atoms with E-state index >= 15 is 0 Å². The average molecular weight is 298 g/mol. The van der Waals surface area contributed by atoms with Gasteiger partial charge in [0.15, 0.2) is 0 Å². The zero-order chi connectivity index (χ0) is 15.7. The maximum atomic E-state index is 12.5. The van der Waals surface area contributed by atoms with E-state index in [0.29, 0.717) is 12.2 Å². The van der Waals surface area contributed by atoms with Crippen LogP contribution in [0.4, 0.5) is 13.2 Å². The summed E-state index contributed by atoms with van der Waals surface area (Å²) in [7, 11) is 0. The standard InChI is InChI=1S/C14H17F3N4/c1-13(2,3)18-8-11-9-21(20-19-11)12-6-4-10(5-7-12)14(15,16)17/h4-7,9,18H,8H2,1-3H3. The minimum absolute atomic E-state index is 0.0435. The first kappa shape index (κ1) is 15.5. The summed E-state index contributed by atoms with van der Waals surface area (Å²) < 4.78 is 38.9. The zero-order valence-corrected chi connectivity index (χ0v) is 12.1. The lowest BCUT2D eigenvalue weighted by Crippen LogP contribution is -2.35. The molecule has 1 aromatic carbocycles. The molecule has 0 radical (unpaired) electrons. The van der Waals surface area contributed by atoms with Gasteiger partial charge in [0.25, 0.3) is 0 Å². The topological polar surface area (TPSA) is 42.7 Å². The first-order chi connectivity index (χ1) is 9.65. The smallest absolute Gasteiger partial charge is 0.306 e. The van der Waals surface area contributed by atoms with Gasteiger partial charge < -0.3 is 5.32 Å². The van der Waals surface area contributed by atoms with E-state index in [2.05, 4.69) is 15.6 Å². The Balaban J connectivity index is 2.11. The van der Waals surface area contributed by atoms with E-state index < -0.39 is 11.7 Å². The second-order valence-electron chi connectivity index (χ2n) is 5.80. The van der Waals surface area contributed by atoms with Crippen LogP contribution in [0.5, 0.6) is 0 Å². The van der Waals surface area contributed by atoms with E-state index in [-0.39, 0.29) is 5.54 Å². The number of hydrogen-bond acceptors (Lipinski definition) is 3. The highest BCUT2D eigenvalue weighted by Gasteiger charge is 2.30. The lowest BCUT2D eigenvalue weighted by Gasteiger charge is -2.19. The van der Waals surface area contributed by atoms with Crippen LogP contribution in [0.3, 0.4) is 0 Å². The number of alkyl halides is 3. The van der Waals surface area contributed by atoms with Crippen LogP contribution in [0.15, 0.2) is 30.5 Å². The Kier molecular flexibility index (Phi) is 4.04. The van der Waals surface area contributed by atoms with Crippen molar-refractivity contribution < 1.29 is 13.2 Å². The summed E-state index contributed by atoms with van der Waals surface area (Å²) >= 11 is 0. The Morgan fingerprint density at radius 3 is 2.24 bits per heavy atom. The fourth-order valence-electron chi connectivity index (χ4n) is 1.66. The highest BCUT2D eigenvalue weighted by Crippen LogP contribution is 2.29. The van der Waals surface area contributed by atoms with E-state index in [9.17, 15) is 13.2 Å². The van der Waals surface area contributed by atoms with Gasteiger partial charge in [-0.25, -0.2) is 4.68 Å². The molecule has 0 saturated heterocycles. The van der Waals surface area contributed by atoms with Crippen LogP contribution in [0.25, 0.3) is 5.69 Å². The summed E-state index contributed by atoms with van der Waals surface area (Å²) in [6.07, 6.45) is -2.63. The molecule has 1 aromatic heterocycles. The van der Waals surface area contributed by atoms with Gasteiger partial charge >= 0.3 is 6.18 Å². The molecule has 4 nitrogen and oxygen atoms in total. The number of nitrogens with one attached hydrogen (secondary N) is 1. The van der Waals surface area contributed by atoms with Gasteiger partial charge in [0.2, 0.25) is 0 Å². The average Bonchev–Trinajstić information content (AvgIpc) is 2.83. The maximum absolute atomic E-state index is 12.5. The molecule has 0 saturated carbocycles. The van der Waals surface area contributed by atoms with Crippen molar-refractivity contribution in [3.8, 4) is 5.69 Å². The second kappa shape index (κ2) is 5.48. The van der Waals surface area contributed by atoms with Gasteiger partial charge in [-0.1, -0.05) is 5.21 Å². The maximum Gasteiger partial charge on any atom is 0.416 e. The monoisotopic (exact) mass is 298 g/mol. The van der Waals surface area contributed by atoms with Crippen LogP contribution in [0.2, 0.25) is 0 Å². The molecule has 0 aliphatic heterocycles. The molecule has 2 rings (SSSR count). The number of aromatic nitrogens is 3. The van der Waals surface area contributed by atoms with Crippen molar-refractivity contribution in [1.82, 2.24) is 20.3 Å². The van der Waals surface area contributed by atoms with Crippen molar-refractivity contribution in [2.45, 2.75) is 39.0 Å². The third-order valence-electron chi connectivity index (χ3n) is 2.80. The molecule has 0 bridgehead atoms. The molecule has 0 amide bonds. The van der Waals surface area contributed by atoms with E-state index in [4.69, 9.17) is 0 Å². The molecule has 0 aliphatic carbocycles. The summed E-state index contributed by atoms with van der Waals surface area (Å²) in [6.45, 7) is 6.65. The minimum atomic E-state index is -4.33. The number of rotatable bonds is 3. The summed E-state index contributed by atoms with van der Waals surface area (Å²) in [5.74, 6) is 0. The fraction of sp³-hybridized carbons (Fsp3) is 0.429. The van der Waals surface area contributed by atoms with Crippen molar-refractivity contribution in [2.24, 2.45) is 0 Å².